The lowest BCUT2D eigenvalue weighted by Gasteiger charge is -2.19. The van der Waals surface area contributed by atoms with Gasteiger partial charge < -0.3 is 4.90 Å². The van der Waals surface area contributed by atoms with Gasteiger partial charge in [-0.3, -0.25) is 14.3 Å². The fourth-order valence-corrected chi connectivity index (χ4v) is 1.80. The number of aryl methyl sites for hydroxylation is 2. The Morgan fingerprint density at radius 2 is 1.79 bits per heavy atom. The van der Waals surface area contributed by atoms with Crippen molar-refractivity contribution in [1.82, 2.24) is 9.55 Å². The van der Waals surface area contributed by atoms with Crippen LogP contribution in [0.4, 0.5) is 11.5 Å². The van der Waals surface area contributed by atoms with Crippen molar-refractivity contribution < 1.29 is 0 Å². The minimum atomic E-state index is -0.418. The molecule has 0 aliphatic heterocycles. The van der Waals surface area contributed by atoms with Gasteiger partial charge >= 0.3 is 5.69 Å². The quantitative estimate of drug-likeness (QED) is 0.888. The molecule has 0 saturated carbocycles. The van der Waals surface area contributed by atoms with Crippen LogP contribution in [-0.2, 0) is 7.05 Å². The highest BCUT2D eigenvalue weighted by Crippen LogP contribution is 2.22. The molecule has 5 nitrogen and oxygen atoms in total. The van der Waals surface area contributed by atoms with Crippen molar-refractivity contribution in [1.29, 1.82) is 0 Å². The van der Waals surface area contributed by atoms with Gasteiger partial charge in [0.05, 0.1) is 0 Å². The van der Waals surface area contributed by atoms with Gasteiger partial charge in [-0.2, -0.15) is 0 Å². The highest BCUT2D eigenvalue weighted by atomic mass is 16.2. The number of nitrogens with zero attached hydrogens (tertiary/aromatic N) is 2. The van der Waals surface area contributed by atoms with Crippen LogP contribution in [0.15, 0.2) is 33.9 Å². The van der Waals surface area contributed by atoms with E-state index in [1.165, 1.54) is 18.7 Å². The van der Waals surface area contributed by atoms with Crippen LogP contribution < -0.4 is 16.1 Å². The molecule has 1 aromatic carbocycles. The van der Waals surface area contributed by atoms with E-state index in [9.17, 15) is 9.59 Å². The second-order valence-electron chi connectivity index (χ2n) is 4.68. The largest absolute Gasteiger partial charge is 0.331 e. The zero-order valence-electron chi connectivity index (χ0n) is 11.5. The van der Waals surface area contributed by atoms with E-state index in [1.807, 2.05) is 39.1 Å². The molecule has 0 amide bonds. The molecule has 100 valence electrons. The summed E-state index contributed by atoms with van der Waals surface area (Å²) in [6.45, 7) is 4.07. The summed E-state index contributed by atoms with van der Waals surface area (Å²) in [6.07, 6.45) is 0. The number of aromatic amines is 1. The summed E-state index contributed by atoms with van der Waals surface area (Å²) >= 11 is 0. The molecule has 5 heteroatoms. The van der Waals surface area contributed by atoms with E-state index in [4.69, 9.17) is 0 Å². The van der Waals surface area contributed by atoms with E-state index in [1.54, 1.807) is 4.90 Å². The van der Waals surface area contributed by atoms with Gasteiger partial charge in [0, 0.05) is 25.8 Å². The first-order valence-electron chi connectivity index (χ1n) is 6.01. The SMILES string of the molecule is Cc1ccc(N(C)c2cc(=O)n(C)c(=O)[nH]2)cc1C. The summed E-state index contributed by atoms with van der Waals surface area (Å²) in [5.74, 6) is 0.483. The molecular formula is C14H17N3O2. The summed E-state index contributed by atoms with van der Waals surface area (Å²) in [7, 11) is 3.26. The molecule has 2 aromatic rings. The first-order chi connectivity index (χ1) is 8.90. The number of benzene rings is 1. The van der Waals surface area contributed by atoms with Crippen LogP contribution in [0.25, 0.3) is 0 Å². The second-order valence-corrected chi connectivity index (χ2v) is 4.68. The smallest absolute Gasteiger partial charge is 0.329 e. The van der Waals surface area contributed by atoms with E-state index < -0.39 is 5.69 Å². The molecule has 1 heterocycles. The van der Waals surface area contributed by atoms with Gasteiger partial charge in [-0.05, 0) is 37.1 Å². The van der Waals surface area contributed by atoms with Crippen LogP contribution in [0.1, 0.15) is 11.1 Å². The Morgan fingerprint density at radius 1 is 1.11 bits per heavy atom. The molecule has 2 rings (SSSR count). The molecule has 19 heavy (non-hydrogen) atoms. The van der Waals surface area contributed by atoms with E-state index in [2.05, 4.69) is 4.98 Å². The van der Waals surface area contributed by atoms with Crippen LogP contribution in [0, 0.1) is 13.8 Å². The molecule has 0 aliphatic rings. The van der Waals surface area contributed by atoms with Crippen molar-refractivity contribution in [3.63, 3.8) is 0 Å². The molecule has 0 aliphatic carbocycles. The van der Waals surface area contributed by atoms with Gasteiger partial charge in [0.1, 0.15) is 5.82 Å². The Balaban J connectivity index is 2.49. The van der Waals surface area contributed by atoms with Gasteiger partial charge in [0.25, 0.3) is 5.56 Å². The predicted molar refractivity (Wildman–Crippen MR) is 76.3 cm³/mol. The third kappa shape index (κ3) is 2.45. The van der Waals surface area contributed by atoms with Gasteiger partial charge in [-0.15, -0.1) is 0 Å². The number of hydrogen-bond acceptors (Lipinski definition) is 3. The van der Waals surface area contributed by atoms with Crippen LogP contribution in [0.5, 0.6) is 0 Å². The standard InChI is InChI=1S/C14H17N3O2/c1-9-5-6-11(7-10(9)2)16(3)12-8-13(18)17(4)14(19)15-12/h5-8H,1-4H3,(H,15,19). The van der Waals surface area contributed by atoms with Gasteiger partial charge in [0.15, 0.2) is 0 Å². The number of anilines is 2. The van der Waals surface area contributed by atoms with Crippen molar-refractivity contribution in [2.24, 2.45) is 7.05 Å². The summed E-state index contributed by atoms with van der Waals surface area (Å²) in [4.78, 5) is 27.7. The summed E-state index contributed by atoms with van der Waals surface area (Å²) in [5, 5.41) is 0. The number of rotatable bonds is 2. The zero-order valence-corrected chi connectivity index (χ0v) is 11.5. The second kappa shape index (κ2) is 4.76. The monoisotopic (exact) mass is 259 g/mol. The van der Waals surface area contributed by atoms with Crippen molar-refractivity contribution in [2.75, 3.05) is 11.9 Å². The topological polar surface area (TPSA) is 58.1 Å². The molecule has 1 aromatic heterocycles. The molecule has 0 spiro atoms. The number of aromatic nitrogens is 2. The van der Waals surface area contributed by atoms with Gasteiger partial charge in [-0.25, -0.2) is 4.79 Å². The van der Waals surface area contributed by atoms with Crippen LogP contribution in [0.3, 0.4) is 0 Å². The van der Waals surface area contributed by atoms with E-state index in [0.29, 0.717) is 5.82 Å². The maximum absolute atomic E-state index is 11.6. The fraction of sp³-hybridized carbons (Fsp3) is 0.286. The first kappa shape index (κ1) is 13.1. The maximum atomic E-state index is 11.6. The van der Waals surface area contributed by atoms with Gasteiger partial charge in [0.2, 0.25) is 0 Å². The van der Waals surface area contributed by atoms with Crippen molar-refractivity contribution in [3.05, 3.63) is 56.2 Å². The summed E-state index contributed by atoms with van der Waals surface area (Å²) in [6, 6.07) is 7.40. The Labute approximate surface area is 111 Å². The zero-order chi connectivity index (χ0) is 14.2. The summed E-state index contributed by atoms with van der Waals surface area (Å²) in [5.41, 5.74) is 2.55. The number of H-pyrrole nitrogens is 1. The Morgan fingerprint density at radius 3 is 2.37 bits per heavy atom. The minimum Gasteiger partial charge on any atom is -0.331 e. The Bertz CT molecular complexity index is 697. The van der Waals surface area contributed by atoms with E-state index >= 15 is 0 Å². The Kier molecular flexibility index (Phi) is 3.29. The van der Waals surface area contributed by atoms with Crippen LogP contribution in [-0.4, -0.2) is 16.6 Å². The van der Waals surface area contributed by atoms with Crippen molar-refractivity contribution in [3.8, 4) is 0 Å². The number of nitrogens with one attached hydrogen (secondary N) is 1. The first-order valence-corrected chi connectivity index (χ1v) is 6.01. The molecule has 0 unspecified atom stereocenters. The lowest BCUT2D eigenvalue weighted by atomic mass is 10.1. The van der Waals surface area contributed by atoms with Crippen molar-refractivity contribution >= 4 is 11.5 Å². The maximum Gasteiger partial charge on any atom is 0.329 e. The molecule has 0 bridgehead atoms. The normalized spacial score (nSPS) is 10.5. The average molecular weight is 259 g/mol. The van der Waals surface area contributed by atoms with E-state index in [-0.39, 0.29) is 5.56 Å². The van der Waals surface area contributed by atoms with Gasteiger partial charge in [-0.1, -0.05) is 6.07 Å². The third-order valence-corrected chi connectivity index (χ3v) is 3.37. The minimum absolute atomic E-state index is 0.325. The molecule has 1 N–H and O–H groups in total. The van der Waals surface area contributed by atoms with E-state index in [0.717, 1.165) is 15.8 Å². The highest BCUT2D eigenvalue weighted by molar-refractivity contribution is 5.60. The number of hydrogen-bond donors (Lipinski definition) is 1. The molecule has 0 radical (unpaired) electrons. The third-order valence-electron chi connectivity index (χ3n) is 3.37. The van der Waals surface area contributed by atoms with Crippen LogP contribution >= 0.6 is 0 Å². The molecule has 0 fully saturated rings. The highest BCUT2D eigenvalue weighted by Gasteiger charge is 2.08. The predicted octanol–water partition coefficient (Wildman–Crippen LogP) is 1.46. The molecule has 0 atom stereocenters. The lowest BCUT2D eigenvalue weighted by molar-refractivity contribution is 0.773. The van der Waals surface area contributed by atoms with Crippen LogP contribution in [0.2, 0.25) is 0 Å². The van der Waals surface area contributed by atoms with Crippen molar-refractivity contribution in [2.45, 2.75) is 13.8 Å². The fourth-order valence-electron chi connectivity index (χ4n) is 1.80. The lowest BCUT2D eigenvalue weighted by Crippen LogP contribution is -2.33. The molecule has 0 saturated heterocycles. The summed E-state index contributed by atoms with van der Waals surface area (Å²) < 4.78 is 1.04. The average Bonchev–Trinajstić information content (AvgIpc) is 2.37. The molecular weight excluding hydrogens is 242 g/mol. The Hall–Kier alpha value is -2.30.